The van der Waals surface area contributed by atoms with Crippen LogP contribution in [0, 0.1) is 0 Å². The minimum Gasteiger partial charge on any atom is -0.394 e. The first-order valence-corrected chi connectivity index (χ1v) is 5.01. The number of hydrogen-bond acceptors (Lipinski definition) is 6. The van der Waals surface area contributed by atoms with Gasteiger partial charge in [0, 0.05) is 0 Å². The Labute approximate surface area is 76.3 Å². The molecule has 0 heterocycles. The van der Waals surface area contributed by atoms with E-state index in [2.05, 4.69) is 0 Å². The van der Waals surface area contributed by atoms with Gasteiger partial charge in [-0.25, -0.2) is 9.13 Å². The van der Waals surface area contributed by atoms with Crippen molar-refractivity contribution in [2.75, 3.05) is 33.0 Å². The Kier molecular flexibility index (Phi) is 8.18. The third-order valence-electron chi connectivity index (χ3n) is 1.12. The SMILES string of the molecule is O=P(=O)C(O)COCCOCCO. The smallest absolute Gasteiger partial charge is 0.347 e. The highest BCUT2D eigenvalue weighted by atomic mass is 31.1. The molecule has 0 bridgehead atoms. The van der Waals surface area contributed by atoms with Gasteiger partial charge in [0.25, 0.3) is 0 Å². The molecule has 0 aromatic carbocycles. The molecule has 0 aliphatic carbocycles. The molecule has 0 aliphatic rings. The number of aliphatic hydroxyl groups excluding tert-OH is 2. The van der Waals surface area contributed by atoms with Crippen LogP contribution in [0.4, 0.5) is 0 Å². The van der Waals surface area contributed by atoms with E-state index in [1.165, 1.54) is 0 Å². The first-order chi connectivity index (χ1) is 6.18. The molecule has 2 N–H and O–H groups in total. The van der Waals surface area contributed by atoms with Gasteiger partial charge in [-0.1, -0.05) is 0 Å². The zero-order chi connectivity index (χ0) is 10.1. The summed E-state index contributed by atoms with van der Waals surface area (Å²) in [6, 6.07) is 0. The second-order valence-corrected chi connectivity index (χ2v) is 3.34. The first-order valence-electron chi connectivity index (χ1n) is 3.76. The van der Waals surface area contributed by atoms with Crippen molar-refractivity contribution in [2.24, 2.45) is 0 Å². The second-order valence-electron chi connectivity index (χ2n) is 2.18. The topological polar surface area (TPSA) is 93.1 Å². The molecule has 1 atom stereocenters. The summed E-state index contributed by atoms with van der Waals surface area (Å²) in [5.41, 5.74) is 0. The van der Waals surface area contributed by atoms with E-state index in [9.17, 15) is 9.13 Å². The minimum absolute atomic E-state index is 0.0605. The molecular weight excluding hydrogens is 199 g/mol. The van der Waals surface area contributed by atoms with Crippen LogP contribution in [0.5, 0.6) is 0 Å². The lowest BCUT2D eigenvalue weighted by Gasteiger charge is -2.04. The Hall–Kier alpha value is -0.260. The standard InChI is InChI=1S/C6H13O6P/c7-1-2-11-3-4-12-5-6(8)13(9)10/h6-8H,1-5H2. The predicted octanol–water partition coefficient (Wildman–Crippen LogP) is -0.497. The van der Waals surface area contributed by atoms with Gasteiger partial charge in [0.15, 0.2) is 5.85 Å². The molecular formula is C6H13O6P. The van der Waals surface area contributed by atoms with Crippen LogP contribution in [0.2, 0.25) is 0 Å². The predicted molar refractivity (Wildman–Crippen MR) is 43.0 cm³/mol. The fourth-order valence-electron chi connectivity index (χ4n) is 0.534. The zero-order valence-corrected chi connectivity index (χ0v) is 7.98. The van der Waals surface area contributed by atoms with Crippen LogP contribution in [0.15, 0.2) is 0 Å². The van der Waals surface area contributed by atoms with Crippen LogP contribution in [0.3, 0.4) is 0 Å². The molecule has 7 heteroatoms. The molecule has 0 saturated carbocycles. The van der Waals surface area contributed by atoms with Crippen molar-refractivity contribution < 1.29 is 28.8 Å². The van der Waals surface area contributed by atoms with Crippen molar-refractivity contribution in [1.82, 2.24) is 0 Å². The van der Waals surface area contributed by atoms with Gasteiger partial charge in [0.05, 0.1) is 33.0 Å². The van der Waals surface area contributed by atoms with Gasteiger partial charge in [0.2, 0.25) is 0 Å². The summed E-state index contributed by atoms with van der Waals surface area (Å²) in [7, 11) is -2.84. The summed E-state index contributed by atoms with van der Waals surface area (Å²) >= 11 is 0. The lowest BCUT2D eigenvalue weighted by atomic mass is 10.7. The summed E-state index contributed by atoms with van der Waals surface area (Å²) in [6.07, 6.45) is 0. The highest BCUT2D eigenvalue weighted by Gasteiger charge is 2.08. The van der Waals surface area contributed by atoms with Crippen LogP contribution in [0.25, 0.3) is 0 Å². The molecule has 6 nitrogen and oxygen atoms in total. The molecule has 0 saturated heterocycles. The average molecular weight is 212 g/mol. The minimum atomic E-state index is -2.84. The van der Waals surface area contributed by atoms with Crippen molar-refractivity contribution in [3.05, 3.63) is 0 Å². The van der Waals surface area contributed by atoms with E-state index >= 15 is 0 Å². The Morgan fingerprint density at radius 1 is 1.15 bits per heavy atom. The number of aliphatic hydroxyl groups is 2. The average Bonchev–Trinajstić information content (AvgIpc) is 2.10. The summed E-state index contributed by atoms with van der Waals surface area (Å²) in [6.45, 7) is 0.376. The Morgan fingerprint density at radius 2 is 1.77 bits per heavy atom. The molecule has 0 aromatic rings. The van der Waals surface area contributed by atoms with Crippen LogP contribution < -0.4 is 0 Å². The zero-order valence-electron chi connectivity index (χ0n) is 7.09. The molecule has 78 valence electrons. The van der Waals surface area contributed by atoms with Crippen molar-refractivity contribution in [1.29, 1.82) is 0 Å². The maximum absolute atomic E-state index is 10.1. The van der Waals surface area contributed by atoms with Gasteiger partial charge in [-0.3, -0.25) is 0 Å². The van der Waals surface area contributed by atoms with Crippen molar-refractivity contribution in [2.45, 2.75) is 5.85 Å². The van der Waals surface area contributed by atoms with E-state index in [0.717, 1.165) is 0 Å². The van der Waals surface area contributed by atoms with Gasteiger partial charge >= 0.3 is 7.68 Å². The fourth-order valence-corrected chi connectivity index (χ4v) is 0.761. The van der Waals surface area contributed by atoms with Crippen LogP contribution in [-0.4, -0.2) is 49.1 Å². The van der Waals surface area contributed by atoms with Gasteiger partial charge in [0.1, 0.15) is 0 Å². The van der Waals surface area contributed by atoms with E-state index < -0.39 is 13.5 Å². The normalized spacial score (nSPS) is 12.8. The van der Waals surface area contributed by atoms with E-state index in [1.54, 1.807) is 0 Å². The Morgan fingerprint density at radius 3 is 2.31 bits per heavy atom. The summed E-state index contributed by atoms with van der Waals surface area (Å²) < 4.78 is 29.8. The van der Waals surface area contributed by atoms with Gasteiger partial charge in [-0.2, -0.15) is 0 Å². The van der Waals surface area contributed by atoms with Gasteiger partial charge < -0.3 is 19.7 Å². The Bertz CT molecular complexity index is 172. The van der Waals surface area contributed by atoms with E-state index in [1.807, 2.05) is 0 Å². The highest BCUT2D eigenvalue weighted by Crippen LogP contribution is 2.10. The van der Waals surface area contributed by atoms with Crippen LogP contribution in [-0.2, 0) is 18.6 Å². The quantitative estimate of drug-likeness (QED) is 0.416. The summed E-state index contributed by atoms with van der Waals surface area (Å²) in [5.74, 6) is -1.45. The van der Waals surface area contributed by atoms with Crippen molar-refractivity contribution in [3.8, 4) is 0 Å². The van der Waals surface area contributed by atoms with Gasteiger partial charge in [-0.05, 0) is 0 Å². The maximum Gasteiger partial charge on any atom is 0.347 e. The molecule has 13 heavy (non-hydrogen) atoms. The number of ether oxygens (including phenoxy) is 2. The highest BCUT2D eigenvalue weighted by molar-refractivity contribution is 7.31. The Balaban J connectivity index is 3.16. The first kappa shape index (κ1) is 12.7. The van der Waals surface area contributed by atoms with Crippen LogP contribution >= 0.6 is 7.68 Å². The lowest BCUT2D eigenvalue weighted by molar-refractivity contribution is 0.0148. The maximum atomic E-state index is 10.1. The number of hydrogen-bond donors (Lipinski definition) is 2. The molecule has 1 unspecified atom stereocenters. The van der Waals surface area contributed by atoms with Crippen molar-refractivity contribution in [3.63, 3.8) is 0 Å². The molecule has 0 fully saturated rings. The van der Waals surface area contributed by atoms with E-state index in [0.29, 0.717) is 0 Å². The molecule has 0 aliphatic heterocycles. The van der Waals surface area contributed by atoms with Crippen molar-refractivity contribution >= 4 is 7.68 Å². The second kappa shape index (κ2) is 8.34. The third-order valence-corrected chi connectivity index (χ3v) is 1.75. The summed E-state index contributed by atoms with van der Waals surface area (Å²) in [4.78, 5) is 0. The summed E-state index contributed by atoms with van der Waals surface area (Å²) in [5, 5.41) is 17.0. The number of rotatable bonds is 8. The van der Waals surface area contributed by atoms with Crippen LogP contribution in [0.1, 0.15) is 0 Å². The third kappa shape index (κ3) is 8.08. The molecule has 0 aromatic heterocycles. The monoisotopic (exact) mass is 212 g/mol. The fraction of sp³-hybridized carbons (Fsp3) is 1.00. The molecule has 0 amide bonds. The largest absolute Gasteiger partial charge is 0.394 e. The van der Waals surface area contributed by atoms with E-state index in [-0.39, 0.29) is 33.0 Å². The van der Waals surface area contributed by atoms with Gasteiger partial charge in [-0.15, -0.1) is 0 Å². The molecule has 0 radical (unpaired) electrons. The van der Waals surface area contributed by atoms with E-state index in [4.69, 9.17) is 19.7 Å². The molecule has 0 rings (SSSR count). The lowest BCUT2D eigenvalue weighted by Crippen LogP contribution is -2.13. The molecule has 0 spiro atoms.